The van der Waals surface area contributed by atoms with Gasteiger partial charge in [0.2, 0.25) is 0 Å². The average Bonchev–Trinajstić information content (AvgIpc) is 2.30. The van der Waals surface area contributed by atoms with Gasteiger partial charge in [-0.15, -0.1) is 0 Å². The molecule has 0 bridgehead atoms. The average molecular weight is 187 g/mol. The van der Waals surface area contributed by atoms with Gasteiger partial charge >= 0.3 is 0 Å². The number of rotatable bonds is 1. The smallest absolute Gasteiger partial charge is 0.187 e. The van der Waals surface area contributed by atoms with Crippen molar-refractivity contribution in [3.8, 4) is 0 Å². The number of hydrogen-bond donors (Lipinski definition) is 0. The van der Waals surface area contributed by atoms with Crippen molar-refractivity contribution in [1.82, 2.24) is 0 Å². The first-order valence-corrected chi connectivity index (χ1v) is 4.99. The molecule has 72 valence electrons. The Kier molecular flexibility index (Phi) is 2.81. The molecule has 14 heavy (non-hydrogen) atoms. The Morgan fingerprint density at radius 1 is 1.36 bits per heavy atom. The molecule has 2 rings (SSSR count). The second kappa shape index (κ2) is 4.26. The third-order valence-electron chi connectivity index (χ3n) is 2.55. The minimum Gasteiger partial charge on any atom is -0.374 e. The molecule has 1 saturated heterocycles. The number of hydrogen-bond acceptors (Lipinski definition) is 1. The molecule has 0 N–H and O–H groups in total. The molecule has 1 fully saturated rings. The zero-order valence-corrected chi connectivity index (χ0v) is 8.07. The van der Waals surface area contributed by atoms with Crippen molar-refractivity contribution in [2.24, 2.45) is 0 Å². The fourth-order valence-electron chi connectivity index (χ4n) is 1.80. The summed E-state index contributed by atoms with van der Waals surface area (Å²) in [6, 6.07) is 7.74. The van der Waals surface area contributed by atoms with Gasteiger partial charge in [0.05, 0.1) is 12.7 Å². The molecule has 0 radical (unpaired) electrons. The molecule has 1 atom stereocenters. The highest BCUT2D eigenvalue weighted by Crippen LogP contribution is 2.29. The maximum Gasteiger partial charge on any atom is 0.187 e. The highest BCUT2D eigenvalue weighted by molar-refractivity contribution is 5.47. The van der Waals surface area contributed by atoms with Gasteiger partial charge in [-0.1, -0.05) is 24.3 Å². The molecule has 0 spiro atoms. The third kappa shape index (κ3) is 1.94. The lowest BCUT2D eigenvalue weighted by atomic mass is 10.0. The number of benzene rings is 1. The lowest BCUT2D eigenvalue weighted by Gasteiger charge is -2.23. The molecule has 0 aliphatic carbocycles. The van der Waals surface area contributed by atoms with E-state index in [2.05, 4.69) is 4.85 Å². The van der Waals surface area contributed by atoms with Gasteiger partial charge in [0.1, 0.15) is 0 Å². The van der Waals surface area contributed by atoms with Gasteiger partial charge in [-0.25, -0.2) is 4.85 Å². The van der Waals surface area contributed by atoms with E-state index in [9.17, 15) is 0 Å². The van der Waals surface area contributed by atoms with Gasteiger partial charge in [0.15, 0.2) is 5.69 Å². The van der Waals surface area contributed by atoms with E-state index in [0.717, 1.165) is 18.6 Å². The van der Waals surface area contributed by atoms with Crippen molar-refractivity contribution in [2.45, 2.75) is 25.4 Å². The minimum atomic E-state index is 0.213. The van der Waals surface area contributed by atoms with Gasteiger partial charge in [0, 0.05) is 6.61 Å². The van der Waals surface area contributed by atoms with Crippen LogP contribution in [0.3, 0.4) is 0 Å². The molecule has 1 aliphatic rings. The van der Waals surface area contributed by atoms with Crippen molar-refractivity contribution in [3.05, 3.63) is 41.2 Å². The Bertz CT molecular complexity index is 348. The zero-order chi connectivity index (χ0) is 9.80. The zero-order valence-electron chi connectivity index (χ0n) is 8.07. The highest BCUT2D eigenvalue weighted by atomic mass is 16.5. The van der Waals surface area contributed by atoms with Crippen molar-refractivity contribution in [2.75, 3.05) is 6.61 Å². The van der Waals surface area contributed by atoms with E-state index >= 15 is 0 Å². The lowest BCUT2D eigenvalue weighted by Crippen LogP contribution is -2.11. The van der Waals surface area contributed by atoms with E-state index in [-0.39, 0.29) is 6.10 Å². The van der Waals surface area contributed by atoms with Crippen molar-refractivity contribution in [3.63, 3.8) is 0 Å². The van der Waals surface area contributed by atoms with Gasteiger partial charge in [0.25, 0.3) is 0 Å². The Hall–Kier alpha value is -1.33. The van der Waals surface area contributed by atoms with Crippen molar-refractivity contribution >= 4 is 5.69 Å². The first-order valence-electron chi connectivity index (χ1n) is 4.99. The summed E-state index contributed by atoms with van der Waals surface area (Å²) in [5.74, 6) is 0. The van der Waals surface area contributed by atoms with Crippen molar-refractivity contribution in [1.29, 1.82) is 0 Å². The van der Waals surface area contributed by atoms with Gasteiger partial charge in [-0.05, 0) is 24.8 Å². The fraction of sp³-hybridized carbons (Fsp3) is 0.417. The summed E-state index contributed by atoms with van der Waals surface area (Å²) < 4.78 is 5.66. The van der Waals surface area contributed by atoms with E-state index in [4.69, 9.17) is 11.3 Å². The lowest BCUT2D eigenvalue weighted by molar-refractivity contribution is 0.0150. The molecular formula is C12H13NO. The largest absolute Gasteiger partial charge is 0.374 e. The van der Waals surface area contributed by atoms with E-state index < -0.39 is 0 Å². The molecule has 0 aromatic heterocycles. The Morgan fingerprint density at radius 2 is 2.29 bits per heavy atom. The first-order chi connectivity index (χ1) is 6.90. The molecule has 2 heteroatoms. The molecule has 1 aliphatic heterocycles. The van der Waals surface area contributed by atoms with Crippen LogP contribution in [-0.4, -0.2) is 6.61 Å². The quantitative estimate of drug-likeness (QED) is 0.614. The summed E-state index contributed by atoms with van der Waals surface area (Å²) in [4.78, 5) is 3.42. The summed E-state index contributed by atoms with van der Waals surface area (Å²) in [6.07, 6.45) is 3.69. The summed E-state index contributed by atoms with van der Waals surface area (Å²) >= 11 is 0. The van der Waals surface area contributed by atoms with Crippen LogP contribution in [0.5, 0.6) is 0 Å². The van der Waals surface area contributed by atoms with Crippen LogP contribution in [0.4, 0.5) is 5.69 Å². The normalized spacial score (nSPS) is 21.5. The summed E-state index contributed by atoms with van der Waals surface area (Å²) in [5.41, 5.74) is 1.86. The summed E-state index contributed by atoms with van der Waals surface area (Å²) in [7, 11) is 0. The first kappa shape index (κ1) is 9.23. The Morgan fingerprint density at radius 3 is 3.00 bits per heavy atom. The number of nitrogens with zero attached hydrogens (tertiary/aromatic N) is 1. The SMILES string of the molecule is [C-]#[N+]c1cccc(C2CCCCO2)c1. The second-order valence-corrected chi connectivity index (χ2v) is 3.56. The van der Waals surface area contributed by atoms with Crippen LogP contribution in [0.1, 0.15) is 30.9 Å². The molecule has 1 unspecified atom stereocenters. The molecule has 1 heterocycles. The predicted octanol–water partition coefficient (Wildman–Crippen LogP) is 3.48. The van der Waals surface area contributed by atoms with Gasteiger partial charge in [-0.2, -0.15) is 0 Å². The van der Waals surface area contributed by atoms with Crippen LogP contribution in [0, 0.1) is 6.57 Å². The van der Waals surface area contributed by atoms with Crippen LogP contribution in [0.2, 0.25) is 0 Å². The molecule has 1 aromatic rings. The minimum absolute atomic E-state index is 0.213. The van der Waals surface area contributed by atoms with Gasteiger partial charge in [-0.3, -0.25) is 0 Å². The molecular weight excluding hydrogens is 174 g/mol. The monoisotopic (exact) mass is 187 g/mol. The highest BCUT2D eigenvalue weighted by Gasteiger charge is 2.15. The molecule has 2 nitrogen and oxygen atoms in total. The van der Waals surface area contributed by atoms with Crippen molar-refractivity contribution < 1.29 is 4.74 Å². The van der Waals surface area contributed by atoms with Crippen LogP contribution < -0.4 is 0 Å². The standard InChI is InChI=1S/C12H13NO/c1-13-11-6-4-5-10(9-11)12-7-2-3-8-14-12/h4-6,9,12H,2-3,7-8H2. The third-order valence-corrected chi connectivity index (χ3v) is 2.55. The van der Waals surface area contributed by atoms with Crippen LogP contribution >= 0.6 is 0 Å². The van der Waals surface area contributed by atoms with E-state index in [1.165, 1.54) is 12.8 Å². The second-order valence-electron chi connectivity index (χ2n) is 3.56. The fourth-order valence-corrected chi connectivity index (χ4v) is 1.80. The Labute approximate surface area is 84.3 Å². The Balaban J connectivity index is 2.18. The summed E-state index contributed by atoms with van der Waals surface area (Å²) in [6.45, 7) is 7.79. The molecule has 1 aromatic carbocycles. The predicted molar refractivity (Wildman–Crippen MR) is 55.2 cm³/mol. The van der Waals surface area contributed by atoms with E-state index in [1.54, 1.807) is 0 Å². The summed E-state index contributed by atoms with van der Waals surface area (Å²) in [5, 5.41) is 0. The van der Waals surface area contributed by atoms with Gasteiger partial charge < -0.3 is 4.74 Å². The van der Waals surface area contributed by atoms with E-state index in [1.807, 2.05) is 24.3 Å². The molecule has 0 saturated carbocycles. The maximum absolute atomic E-state index is 6.94. The topological polar surface area (TPSA) is 13.6 Å². The van der Waals surface area contributed by atoms with Crippen LogP contribution in [-0.2, 0) is 4.74 Å². The number of ether oxygens (including phenoxy) is 1. The van der Waals surface area contributed by atoms with Crippen LogP contribution in [0.25, 0.3) is 4.85 Å². The molecule has 0 amide bonds. The van der Waals surface area contributed by atoms with Crippen LogP contribution in [0.15, 0.2) is 24.3 Å². The maximum atomic E-state index is 6.94. The van der Waals surface area contributed by atoms with E-state index in [0.29, 0.717) is 5.69 Å².